The van der Waals surface area contributed by atoms with Gasteiger partial charge in [-0.3, -0.25) is 25.2 Å². The number of carbonyl (C=O) groups is 3. The van der Waals surface area contributed by atoms with Gasteiger partial charge in [0.2, 0.25) is 5.91 Å². The lowest BCUT2D eigenvalue weighted by Gasteiger charge is -2.07. The van der Waals surface area contributed by atoms with Crippen LogP contribution in [0.4, 0.5) is 0 Å². The molecule has 6 nitrogen and oxygen atoms in total. The summed E-state index contributed by atoms with van der Waals surface area (Å²) in [4.78, 5) is 37.9. The van der Waals surface area contributed by atoms with Crippen LogP contribution in [-0.2, 0) is 22.4 Å². The van der Waals surface area contributed by atoms with E-state index >= 15 is 0 Å². The summed E-state index contributed by atoms with van der Waals surface area (Å²) < 4.78 is 0. The highest BCUT2D eigenvalue weighted by atomic mass is 32.1. The van der Waals surface area contributed by atoms with Crippen LogP contribution in [0.2, 0.25) is 0 Å². The highest BCUT2D eigenvalue weighted by Crippen LogP contribution is 2.28. The van der Waals surface area contributed by atoms with Gasteiger partial charge in [0.1, 0.15) is 0 Å². The van der Waals surface area contributed by atoms with E-state index in [9.17, 15) is 14.4 Å². The molecule has 0 saturated carbocycles. The quantitative estimate of drug-likeness (QED) is 0.522. The Morgan fingerprint density at radius 1 is 0.966 bits per heavy atom. The highest BCUT2D eigenvalue weighted by Gasteiger charge is 2.16. The Balaban J connectivity index is 1.42. The molecule has 3 rings (SSSR count). The molecule has 1 heterocycles. The van der Waals surface area contributed by atoms with Crippen LogP contribution >= 0.6 is 11.3 Å². The molecule has 0 atom stereocenters. The van der Waals surface area contributed by atoms with Gasteiger partial charge in [0.05, 0.1) is 11.4 Å². The van der Waals surface area contributed by atoms with Crippen LogP contribution in [0, 0.1) is 0 Å². The number of nitrogens with one attached hydrogen (secondary N) is 3. The molecule has 152 valence electrons. The first-order valence-electron chi connectivity index (χ1n) is 9.83. The maximum Gasteiger partial charge on any atom is 0.279 e. The van der Waals surface area contributed by atoms with Crippen molar-refractivity contribution in [2.75, 3.05) is 6.54 Å². The zero-order chi connectivity index (χ0) is 20.5. The second-order valence-electron chi connectivity index (χ2n) is 6.94. The van der Waals surface area contributed by atoms with Gasteiger partial charge in [-0.05, 0) is 49.0 Å². The smallest absolute Gasteiger partial charge is 0.279 e. The third kappa shape index (κ3) is 6.57. The first-order chi connectivity index (χ1) is 14.1. The number of aryl methyl sites for hydroxylation is 2. The number of hydrogen-bond donors (Lipinski definition) is 3. The van der Waals surface area contributed by atoms with Crippen molar-refractivity contribution in [2.24, 2.45) is 0 Å². The SMILES string of the molecule is O=C(/C=C/c1ccccc1)NCC(=O)NNC(=O)c1cc2c(s1)CCCCCC2. The van der Waals surface area contributed by atoms with E-state index < -0.39 is 5.91 Å². The lowest BCUT2D eigenvalue weighted by Crippen LogP contribution is -2.46. The molecule has 1 aromatic carbocycles. The van der Waals surface area contributed by atoms with Crippen LogP contribution in [-0.4, -0.2) is 24.3 Å². The summed E-state index contributed by atoms with van der Waals surface area (Å²) in [6.07, 6.45) is 9.83. The zero-order valence-corrected chi connectivity index (χ0v) is 17.0. The number of hydrazine groups is 1. The van der Waals surface area contributed by atoms with Crippen molar-refractivity contribution in [3.05, 3.63) is 63.4 Å². The molecule has 0 saturated heterocycles. The Morgan fingerprint density at radius 3 is 2.52 bits per heavy atom. The van der Waals surface area contributed by atoms with Crippen molar-refractivity contribution in [1.29, 1.82) is 0 Å². The maximum absolute atomic E-state index is 12.3. The van der Waals surface area contributed by atoms with Gasteiger partial charge >= 0.3 is 0 Å². The molecule has 3 N–H and O–H groups in total. The molecule has 0 aliphatic heterocycles. The average Bonchev–Trinajstić information content (AvgIpc) is 3.11. The Kier molecular flexibility index (Phi) is 7.58. The molecule has 2 aromatic rings. The molecule has 0 spiro atoms. The van der Waals surface area contributed by atoms with Gasteiger partial charge in [-0.15, -0.1) is 11.3 Å². The first-order valence-corrected chi connectivity index (χ1v) is 10.7. The molecular formula is C22H25N3O3S. The fourth-order valence-electron chi connectivity index (χ4n) is 3.15. The fourth-order valence-corrected chi connectivity index (χ4v) is 4.30. The molecule has 7 heteroatoms. The summed E-state index contributed by atoms with van der Waals surface area (Å²) in [6.45, 7) is -0.223. The predicted octanol–water partition coefficient (Wildman–Crippen LogP) is 3.00. The lowest BCUT2D eigenvalue weighted by molar-refractivity contribution is -0.124. The van der Waals surface area contributed by atoms with Crippen molar-refractivity contribution >= 4 is 35.1 Å². The average molecular weight is 412 g/mol. The van der Waals surface area contributed by atoms with Gasteiger partial charge in [0, 0.05) is 11.0 Å². The van der Waals surface area contributed by atoms with E-state index in [1.54, 1.807) is 6.08 Å². The van der Waals surface area contributed by atoms with Crippen LogP contribution in [0.25, 0.3) is 6.08 Å². The van der Waals surface area contributed by atoms with Crippen LogP contribution in [0.3, 0.4) is 0 Å². The van der Waals surface area contributed by atoms with Gasteiger partial charge < -0.3 is 5.32 Å². The maximum atomic E-state index is 12.3. The van der Waals surface area contributed by atoms with Gasteiger partial charge in [-0.2, -0.15) is 0 Å². The molecule has 1 aliphatic carbocycles. The Labute approximate surface area is 174 Å². The summed E-state index contributed by atoms with van der Waals surface area (Å²) in [6, 6.07) is 11.3. The van der Waals surface area contributed by atoms with Gasteiger partial charge in [-0.25, -0.2) is 0 Å². The summed E-state index contributed by atoms with van der Waals surface area (Å²) in [7, 11) is 0. The number of thiophene rings is 1. The third-order valence-electron chi connectivity index (χ3n) is 4.69. The second-order valence-corrected chi connectivity index (χ2v) is 8.07. The van der Waals surface area contributed by atoms with Gasteiger partial charge in [-0.1, -0.05) is 43.2 Å². The second kappa shape index (κ2) is 10.6. The van der Waals surface area contributed by atoms with Crippen molar-refractivity contribution in [3.63, 3.8) is 0 Å². The number of amides is 3. The fraction of sp³-hybridized carbons (Fsp3) is 0.318. The Hall–Kier alpha value is -2.93. The molecule has 0 bridgehead atoms. The Bertz CT molecular complexity index is 864. The molecule has 29 heavy (non-hydrogen) atoms. The molecule has 0 radical (unpaired) electrons. The van der Waals surface area contributed by atoms with Crippen molar-refractivity contribution in [1.82, 2.24) is 16.2 Å². The van der Waals surface area contributed by atoms with Crippen molar-refractivity contribution in [3.8, 4) is 0 Å². The van der Waals surface area contributed by atoms with E-state index in [2.05, 4.69) is 16.2 Å². The monoisotopic (exact) mass is 411 g/mol. The number of hydrogen-bond acceptors (Lipinski definition) is 4. The first kappa shape index (κ1) is 20.8. The zero-order valence-electron chi connectivity index (χ0n) is 16.2. The third-order valence-corrected chi connectivity index (χ3v) is 5.92. The van der Waals surface area contributed by atoms with Crippen molar-refractivity contribution in [2.45, 2.75) is 38.5 Å². The Morgan fingerprint density at radius 2 is 1.72 bits per heavy atom. The lowest BCUT2D eigenvalue weighted by atomic mass is 10.00. The van der Waals surface area contributed by atoms with Gasteiger partial charge in [0.25, 0.3) is 11.8 Å². The van der Waals surface area contributed by atoms with Crippen LogP contribution in [0.15, 0.2) is 42.5 Å². The number of carbonyl (C=O) groups excluding carboxylic acids is 3. The predicted molar refractivity (Wildman–Crippen MR) is 114 cm³/mol. The molecule has 1 aromatic heterocycles. The van der Waals surface area contributed by atoms with E-state index in [0.717, 1.165) is 31.2 Å². The van der Waals surface area contributed by atoms with E-state index in [-0.39, 0.29) is 18.4 Å². The summed E-state index contributed by atoms with van der Waals surface area (Å²) >= 11 is 1.50. The number of benzene rings is 1. The minimum Gasteiger partial charge on any atom is -0.343 e. The van der Waals surface area contributed by atoms with E-state index in [0.29, 0.717) is 4.88 Å². The largest absolute Gasteiger partial charge is 0.343 e. The molecule has 0 fully saturated rings. The normalized spacial score (nSPS) is 13.8. The van der Waals surface area contributed by atoms with Crippen LogP contribution < -0.4 is 16.2 Å². The van der Waals surface area contributed by atoms with Crippen LogP contribution in [0.1, 0.15) is 51.4 Å². The minimum atomic E-state index is -0.491. The summed E-state index contributed by atoms with van der Waals surface area (Å²) in [5, 5.41) is 2.48. The van der Waals surface area contributed by atoms with Crippen LogP contribution in [0.5, 0.6) is 0 Å². The summed E-state index contributed by atoms with van der Waals surface area (Å²) in [5.74, 6) is -1.20. The molecule has 1 aliphatic rings. The standard InChI is InChI=1S/C22H25N3O3S/c26-20(13-12-16-8-4-3-5-9-16)23-15-21(27)24-25-22(28)19-14-17-10-6-1-2-7-11-18(17)29-19/h3-5,8-9,12-14H,1-2,6-7,10-11,15H2,(H,23,26)(H,24,27)(H,25,28)/b13-12+. The highest BCUT2D eigenvalue weighted by molar-refractivity contribution is 7.14. The van der Waals surface area contributed by atoms with Crippen molar-refractivity contribution < 1.29 is 14.4 Å². The molecular weight excluding hydrogens is 386 g/mol. The number of fused-ring (bicyclic) bond motifs is 1. The topological polar surface area (TPSA) is 87.3 Å². The molecule has 3 amide bonds. The summed E-state index contributed by atoms with van der Waals surface area (Å²) in [5.41, 5.74) is 6.91. The number of rotatable bonds is 5. The van der Waals surface area contributed by atoms with Gasteiger partial charge in [0.15, 0.2) is 0 Å². The molecule has 0 unspecified atom stereocenters. The van der Waals surface area contributed by atoms with E-state index in [1.807, 2.05) is 36.4 Å². The van der Waals surface area contributed by atoms with E-state index in [4.69, 9.17) is 0 Å². The minimum absolute atomic E-state index is 0.223. The van der Waals surface area contributed by atoms with E-state index in [1.165, 1.54) is 40.7 Å².